The largest absolute Gasteiger partial charge is 0.390 e. The molecule has 7 unspecified atom stereocenters. The van der Waals surface area contributed by atoms with Crippen molar-refractivity contribution < 1.29 is 28.3 Å². The van der Waals surface area contributed by atoms with Crippen LogP contribution in [0.2, 0.25) is 0 Å². The minimum atomic E-state index is -1.26. The number of hydrogen-bond donors (Lipinski definition) is 3. The Morgan fingerprint density at radius 2 is 1.56 bits per heavy atom. The Balaban J connectivity index is 2.21. The summed E-state index contributed by atoms with van der Waals surface area (Å²) in [5.41, 5.74) is 2.82. The molecule has 0 heterocycles. The second-order valence-corrected chi connectivity index (χ2v) is 13.1. The summed E-state index contributed by atoms with van der Waals surface area (Å²) in [6.07, 6.45) is 5.95. The van der Waals surface area contributed by atoms with Crippen molar-refractivity contribution in [1.82, 2.24) is 20.7 Å². The minimum absolute atomic E-state index is 0.0268. The first kappa shape index (κ1) is 36.9. The van der Waals surface area contributed by atoms with Gasteiger partial charge in [0.1, 0.15) is 12.3 Å². The first-order chi connectivity index (χ1) is 20.4. The van der Waals surface area contributed by atoms with Gasteiger partial charge in [-0.2, -0.15) is 0 Å². The fourth-order valence-electron chi connectivity index (χ4n) is 6.65. The Morgan fingerprint density at radius 3 is 2.09 bits per heavy atom. The third kappa shape index (κ3) is 12.3. The van der Waals surface area contributed by atoms with Gasteiger partial charge in [-0.05, 0) is 63.2 Å². The molecule has 0 bridgehead atoms. The summed E-state index contributed by atoms with van der Waals surface area (Å²) < 4.78 is 28.6. The van der Waals surface area contributed by atoms with Crippen LogP contribution in [0.15, 0.2) is 0 Å². The number of terminal acetylenes is 1. The third-order valence-electron chi connectivity index (χ3n) is 8.70. The molecule has 246 valence electrons. The van der Waals surface area contributed by atoms with Crippen molar-refractivity contribution in [2.75, 3.05) is 26.2 Å². The molecule has 2 saturated carbocycles. The van der Waals surface area contributed by atoms with E-state index < -0.39 is 30.4 Å². The predicted octanol–water partition coefficient (Wildman–Crippen LogP) is 4.41. The van der Waals surface area contributed by atoms with Gasteiger partial charge in [-0.15, -0.1) is 12.3 Å². The minimum Gasteiger partial charge on any atom is -0.390 e. The van der Waals surface area contributed by atoms with Crippen molar-refractivity contribution in [2.24, 2.45) is 29.6 Å². The highest BCUT2D eigenvalue weighted by Crippen LogP contribution is 2.36. The summed E-state index contributed by atoms with van der Waals surface area (Å²) in [4.78, 5) is 41.4. The zero-order chi connectivity index (χ0) is 32.1. The maximum absolute atomic E-state index is 14.3. The molecule has 3 amide bonds. The molecule has 2 aliphatic carbocycles. The van der Waals surface area contributed by atoms with E-state index in [1.54, 1.807) is 5.01 Å². The average molecular weight is 611 g/mol. The molecular weight excluding hydrogens is 554 g/mol. The van der Waals surface area contributed by atoms with Crippen LogP contribution in [0.25, 0.3) is 0 Å². The van der Waals surface area contributed by atoms with Gasteiger partial charge in [0, 0.05) is 56.8 Å². The number of rotatable bonds is 16. The molecular formula is C33H56F2N4O4. The number of halogens is 2. The van der Waals surface area contributed by atoms with Crippen LogP contribution in [0.4, 0.5) is 8.78 Å². The van der Waals surface area contributed by atoms with Crippen molar-refractivity contribution >= 4 is 17.7 Å². The van der Waals surface area contributed by atoms with E-state index >= 15 is 0 Å². The SMILES string of the molecule is C#CC1CC(C(=O)NC(CC2CC(F)CC(F)C2)C(O)CN(CC)NC(=O)CC(C)C)CC(C(=O)N(CCC)CCC)C1. The van der Waals surface area contributed by atoms with Crippen LogP contribution < -0.4 is 10.7 Å². The van der Waals surface area contributed by atoms with Crippen molar-refractivity contribution in [3.63, 3.8) is 0 Å². The molecule has 2 fully saturated rings. The lowest BCUT2D eigenvalue weighted by molar-refractivity contribution is -0.139. The first-order valence-electron chi connectivity index (χ1n) is 16.5. The number of aliphatic hydroxyl groups is 1. The lowest BCUT2D eigenvalue weighted by Crippen LogP contribution is -2.54. The van der Waals surface area contributed by atoms with Crippen LogP contribution in [0.3, 0.4) is 0 Å². The molecule has 43 heavy (non-hydrogen) atoms. The maximum Gasteiger partial charge on any atom is 0.234 e. The molecule has 0 aromatic carbocycles. The van der Waals surface area contributed by atoms with Crippen LogP contribution in [0.1, 0.15) is 98.8 Å². The van der Waals surface area contributed by atoms with E-state index in [0.29, 0.717) is 45.3 Å². The standard InChI is InChI=1S/C33H56F2N4O4/c1-7-11-38(12-8-2)33(43)26-15-23(9-3)14-25(19-26)32(42)36-29(18-24-16-27(34)20-28(35)17-24)30(40)21-39(10-4)37-31(41)13-22(5)6/h3,22-30,40H,7-8,10-21H2,1-2,4-6H3,(H,36,42)(H,37,41). The van der Waals surface area contributed by atoms with Crippen molar-refractivity contribution in [2.45, 2.75) is 123 Å². The number of hydrogen-bond acceptors (Lipinski definition) is 5. The highest BCUT2D eigenvalue weighted by molar-refractivity contribution is 5.83. The summed E-state index contributed by atoms with van der Waals surface area (Å²) >= 11 is 0. The van der Waals surface area contributed by atoms with Gasteiger partial charge in [0.15, 0.2) is 0 Å². The number of amides is 3. The molecule has 10 heteroatoms. The topological polar surface area (TPSA) is 102 Å². The maximum atomic E-state index is 14.3. The summed E-state index contributed by atoms with van der Waals surface area (Å²) in [6.45, 7) is 11.6. The first-order valence-corrected chi connectivity index (χ1v) is 16.5. The highest BCUT2D eigenvalue weighted by Gasteiger charge is 2.39. The van der Waals surface area contributed by atoms with Crippen LogP contribution in [0, 0.1) is 41.9 Å². The van der Waals surface area contributed by atoms with Crippen molar-refractivity contribution in [3.8, 4) is 12.3 Å². The van der Waals surface area contributed by atoms with Crippen molar-refractivity contribution in [1.29, 1.82) is 0 Å². The number of nitrogens with zero attached hydrogens (tertiary/aromatic N) is 2. The van der Waals surface area contributed by atoms with Gasteiger partial charge in [-0.3, -0.25) is 19.8 Å². The second-order valence-electron chi connectivity index (χ2n) is 13.1. The predicted molar refractivity (Wildman–Crippen MR) is 165 cm³/mol. The number of likely N-dealkylation sites (N-methyl/N-ethyl adjacent to an activating group) is 1. The van der Waals surface area contributed by atoms with Gasteiger partial charge < -0.3 is 15.3 Å². The molecule has 8 nitrogen and oxygen atoms in total. The van der Waals surface area contributed by atoms with Gasteiger partial charge in [0.25, 0.3) is 0 Å². The number of nitrogens with one attached hydrogen (secondary N) is 2. The summed E-state index contributed by atoms with van der Waals surface area (Å²) in [5, 5.41) is 16.0. The van der Waals surface area contributed by atoms with E-state index in [1.165, 1.54) is 0 Å². The van der Waals surface area contributed by atoms with E-state index in [2.05, 4.69) is 16.7 Å². The fourth-order valence-corrected chi connectivity index (χ4v) is 6.65. The molecule has 0 aliphatic heterocycles. The van der Waals surface area contributed by atoms with E-state index in [1.807, 2.05) is 39.5 Å². The van der Waals surface area contributed by atoms with Crippen LogP contribution in [-0.4, -0.2) is 83.4 Å². The molecule has 0 radical (unpaired) electrons. The van der Waals surface area contributed by atoms with Crippen LogP contribution in [0.5, 0.6) is 0 Å². The Morgan fingerprint density at radius 1 is 0.953 bits per heavy atom. The van der Waals surface area contributed by atoms with E-state index in [-0.39, 0.29) is 73.6 Å². The molecule has 0 spiro atoms. The molecule has 0 aromatic rings. The van der Waals surface area contributed by atoms with Gasteiger partial charge in [0.05, 0.1) is 12.1 Å². The van der Waals surface area contributed by atoms with E-state index in [4.69, 9.17) is 6.42 Å². The van der Waals surface area contributed by atoms with Crippen LogP contribution >= 0.6 is 0 Å². The van der Waals surface area contributed by atoms with Gasteiger partial charge in [-0.1, -0.05) is 34.6 Å². The number of carbonyl (C=O) groups excluding carboxylic acids is 3. The zero-order valence-electron chi connectivity index (χ0n) is 27.0. The molecule has 7 atom stereocenters. The monoisotopic (exact) mass is 610 g/mol. The van der Waals surface area contributed by atoms with E-state index in [9.17, 15) is 28.3 Å². The lowest BCUT2D eigenvalue weighted by atomic mass is 9.74. The number of hydrazine groups is 1. The quantitative estimate of drug-likeness (QED) is 0.178. The normalized spacial score (nSPS) is 27.3. The Kier molecular flexibility index (Phi) is 15.9. The van der Waals surface area contributed by atoms with Crippen LogP contribution in [-0.2, 0) is 14.4 Å². The Hall–Kier alpha value is -2.25. The average Bonchev–Trinajstić information content (AvgIpc) is 2.94. The molecule has 0 saturated heterocycles. The highest BCUT2D eigenvalue weighted by atomic mass is 19.1. The van der Waals surface area contributed by atoms with Gasteiger partial charge in [-0.25, -0.2) is 13.8 Å². The molecule has 0 aromatic heterocycles. The zero-order valence-corrected chi connectivity index (χ0v) is 27.0. The lowest BCUT2D eigenvalue weighted by Gasteiger charge is -2.37. The molecule has 2 aliphatic rings. The Bertz CT molecular complexity index is 913. The number of aliphatic hydroxyl groups excluding tert-OH is 1. The summed E-state index contributed by atoms with van der Waals surface area (Å²) in [7, 11) is 0. The molecule has 3 N–H and O–H groups in total. The van der Waals surface area contributed by atoms with Crippen molar-refractivity contribution in [3.05, 3.63) is 0 Å². The fraction of sp³-hybridized carbons (Fsp3) is 0.848. The van der Waals surface area contributed by atoms with Gasteiger partial charge in [0.2, 0.25) is 17.7 Å². The summed E-state index contributed by atoms with van der Waals surface area (Å²) in [6, 6.07) is -0.789. The number of alkyl halides is 2. The molecule has 2 rings (SSSR count). The summed E-state index contributed by atoms with van der Waals surface area (Å²) in [5.74, 6) is 1.02. The smallest absolute Gasteiger partial charge is 0.234 e. The van der Waals surface area contributed by atoms with E-state index in [0.717, 1.165) is 12.8 Å². The van der Waals surface area contributed by atoms with Gasteiger partial charge >= 0.3 is 0 Å². The third-order valence-corrected chi connectivity index (χ3v) is 8.70. The number of carbonyl (C=O) groups is 3. The Labute approximate surface area is 258 Å². The second kappa shape index (κ2) is 18.5.